The molecule has 25 heavy (non-hydrogen) atoms. The Labute approximate surface area is 146 Å². The second-order valence-electron chi connectivity index (χ2n) is 5.30. The van der Waals surface area contributed by atoms with Crippen LogP contribution in [0.15, 0.2) is 48.5 Å². The smallest absolute Gasteiger partial charge is 0.340 e. The second kappa shape index (κ2) is 9.44. The molecule has 2 N–H and O–H groups in total. The van der Waals surface area contributed by atoms with Gasteiger partial charge in [0.05, 0.1) is 25.0 Å². The molecule has 0 aliphatic rings. The number of methoxy groups -OCH3 is 1. The highest BCUT2D eigenvalue weighted by Crippen LogP contribution is 2.17. The topological polar surface area (TPSA) is 84.9 Å². The van der Waals surface area contributed by atoms with Crippen LogP contribution in [0.4, 0.5) is 5.69 Å². The maximum atomic E-state index is 12.2. The Balaban J connectivity index is 1.94. The fourth-order valence-corrected chi connectivity index (χ4v) is 2.25. The highest BCUT2D eigenvalue weighted by molar-refractivity contribution is 6.01. The molecule has 132 valence electrons. The predicted molar refractivity (Wildman–Crippen MR) is 93.8 cm³/mol. The van der Waals surface area contributed by atoms with Crippen LogP contribution >= 0.6 is 0 Å². The number of benzene rings is 2. The summed E-state index contributed by atoms with van der Waals surface area (Å²) in [5.41, 5.74) is 1.67. The Morgan fingerprint density at radius 2 is 1.80 bits per heavy atom. The van der Waals surface area contributed by atoms with Crippen molar-refractivity contribution in [3.05, 3.63) is 59.7 Å². The Hall–Kier alpha value is -2.86. The van der Waals surface area contributed by atoms with Crippen molar-refractivity contribution in [3.63, 3.8) is 0 Å². The average Bonchev–Trinajstić information content (AvgIpc) is 2.65. The molecule has 2 rings (SSSR count). The number of anilines is 1. The van der Waals surface area contributed by atoms with E-state index in [-0.39, 0.29) is 31.1 Å². The number of nitrogens with one attached hydrogen (secondary N) is 1. The first-order chi connectivity index (χ1) is 12.1. The van der Waals surface area contributed by atoms with Gasteiger partial charge in [-0.15, -0.1) is 0 Å². The fraction of sp³-hybridized carbons (Fsp3) is 0.263. The third-order valence-electron chi connectivity index (χ3n) is 3.55. The van der Waals surface area contributed by atoms with Crippen molar-refractivity contribution in [2.45, 2.75) is 12.8 Å². The quantitative estimate of drug-likeness (QED) is 0.719. The molecule has 0 fully saturated rings. The van der Waals surface area contributed by atoms with Gasteiger partial charge >= 0.3 is 5.97 Å². The lowest BCUT2D eigenvalue weighted by Crippen LogP contribution is -2.16. The van der Waals surface area contributed by atoms with E-state index in [0.29, 0.717) is 12.1 Å². The summed E-state index contributed by atoms with van der Waals surface area (Å²) in [7, 11) is 1.60. The molecule has 0 radical (unpaired) electrons. The summed E-state index contributed by atoms with van der Waals surface area (Å²) < 4.78 is 10.00. The Morgan fingerprint density at radius 3 is 2.48 bits per heavy atom. The van der Waals surface area contributed by atoms with Crippen molar-refractivity contribution in [3.8, 4) is 5.75 Å². The largest absolute Gasteiger partial charge is 0.497 e. The van der Waals surface area contributed by atoms with Gasteiger partial charge in [0.25, 0.3) is 0 Å². The Morgan fingerprint density at radius 1 is 1.08 bits per heavy atom. The van der Waals surface area contributed by atoms with Crippen molar-refractivity contribution in [1.29, 1.82) is 0 Å². The van der Waals surface area contributed by atoms with Crippen LogP contribution in [0.5, 0.6) is 5.75 Å². The van der Waals surface area contributed by atoms with Crippen molar-refractivity contribution in [1.82, 2.24) is 0 Å². The zero-order valence-electron chi connectivity index (χ0n) is 14.0. The molecule has 0 aliphatic heterocycles. The molecule has 0 aliphatic carbocycles. The maximum absolute atomic E-state index is 12.2. The first-order valence-corrected chi connectivity index (χ1v) is 7.94. The lowest BCUT2D eigenvalue weighted by Gasteiger charge is -2.10. The van der Waals surface area contributed by atoms with Crippen molar-refractivity contribution in [2.24, 2.45) is 0 Å². The molecule has 2 aromatic carbocycles. The van der Waals surface area contributed by atoms with E-state index >= 15 is 0 Å². The number of amides is 1. The van der Waals surface area contributed by atoms with Gasteiger partial charge in [0.2, 0.25) is 5.91 Å². The van der Waals surface area contributed by atoms with Crippen LogP contribution in [0, 0.1) is 0 Å². The van der Waals surface area contributed by atoms with Crippen LogP contribution in [0.25, 0.3) is 0 Å². The zero-order chi connectivity index (χ0) is 18.1. The van der Waals surface area contributed by atoms with Crippen LogP contribution in [-0.2, 0) is 16.0 Å². The van der Waals surface area contributed by atoms with E-state index in [2.05, 4.69) is 5.32 Å². The van der Waals surface area contributed by atoms with Crippen molar-refractivity contribution in [2.75, 3.05) is 25.6 Å². The van der Waals surface area contributed by atoms with Gasteiger partial charge < -0.3 is 19.9 Å². The fourth-order valence-electron chi connectivity index (χ4n) is 2.25. The number of aryl methyl sites for hydroxylation is 1. The van der Waals surface area contributed by atoms with E-state index in [1.54, 1.807) is 31.4 Å². The minimum absolute atomic E-state index is 0.0847. The number of aliphatic hydroxyl groups is 1. The summed E-state index contributed by atoms with van der Waals surface area (Å²) in [5.74, 6) is -0.0122. The molecule has 2 aromatic rings. The summed E-state index contributed by atoms with van der Waals surface area (Å²) in [6.45, 7) is -0.333. The molecule has 0 saturated heterocycles. The predicted octanol–water partition coefficient (Wildman–Crippen LogP) is 2.42. The van der Waals surface area contributed by atoms with E-state index in [1.165, 1.54) is 0 Å². The summed E-state index contributed by atoms with van der Waals surface area (Å²) in [6, 6.07) is 14.1. The summed E-state index contributed by atoms with van der Waals surface area (Å²) in [6.07, 6.45) is 0.860. The molecule has 0 spiro atoms. The minimum Gasteiger partial charge on any atom is -0.497 e. The number of ether oxygens (including phenoxy) is 2. The number of hydrogen-bond acceptors (Lipinski definition) is 5. The normalized spacial score (nSPS) is 10.2. The van der Waals surface area contributed by atoms with Crippen LogP contribution in [0.3, 0.4) is 0 Å². The standard InChI is InChI=1S/C19H21NO5/c1-24-15-9-6-14(7-10-15)8-11-18(22)20-17-5-3-2-4-16(17)19(23)25-13-12-21/h2-7,9-10,21H,8,11-13H2,1H3,(H,20,22). The van der Waals surface area contributed by atoms with E-state index in [9.17, 15) is 9.59 Å². The number of esters is 1. The minimum atomic E-state index is -0.583. The number of hydrogen-bond donors (Lipinski definition) is 2. The highest BCUT2D eigenvalue weighted by atomic mass is 16.5. The summed E-state index contributed by atoms with van der Waals surface area (Å²) in [4.78, 5) is 24.1. The number of rotatable bonds is 8. The molecule has 0 atom stereocenters. The highest BCUT2D eigenvalue weighted by Gasteiger charge is 2.14. The van der Waals surface area contributed by atoms with Crippen molar-refractivity contribution < 1.29 is 24.2 Å². The first kappa shape index (κ1) is 18.5. The van der Waals surface area contributed by atoms with Gasteiger partial charge in [0, 0.05) is 6.42 Å². The number of carbonyl (C=O) groups excluding carboxylic acids is 2. The molecule has 0 bridgehead atoms. The SMILES string of the molecule is COc1ccc(CCC(=O)Nc2ccccc2C(=O)OCCO)cc1. The van der Waals surface area contributed by atoms with Crippen molar-refractivity contribution >= 4 is 17.6 Å². The lowest BCUT2D eigenvalue weighted by atomic mass is 10.1. The van der Waals surface area contributed by atoms with Gasteiger partial charge in [-0.05, 0) is 36.2 Å². The molecule has 0 heterocycles. The zero-order valence-corrected chi connectivity index (χ0v) is 14.0. The summed E-state index contributed by atoms with van der Waals surface area (Å²) >= 11 is 0. The monoisotopic (exact) mass is 343 g/mol. The van der Waals surface area contributed by atoms with Crippen LogP contribution in [-0.4, -0.2) is 37.3 Å². The van der Waals surface area contributed by atoms with Gasteiger partial charge in [0.1, 0.15) is 12.4 Å². The third kappa shape index (κ3) is 5.61. The van der Waals surface area contributed by atoms with E-state index < -0.39 is 5.97 Å². The van der Waals surface area contributed by atoms with E-state index in [1.807, 2.05) is 24.3 Å². The Kier molecular flexibility index (Phi) is 6.98. The van der Waals surface area contributed by atoms with Gasteiger partial charge in [-0.3, -0.25) is 4.79 Å². The summed E-state index contributed by atoms with van der Waals surface area (Å²) in [5, 5.41) is 11.5. The molecule has 0 unspecified atom stereocenters. The number of aliphatic hydroxyl groups excluding tert-OH is 1. The molecular weight excluding hydrogens is 322 g/mol. The molecule has 6 heteroatoms. The van der Waals surface area contributed by atoms with Crippen LogP contribution in [0.1, 0.15) is 22.3 Å². The average molecular weight is 343 g/mol. The van der Waals surface area contributed by atoms with Gasteiger partial charge in [0.15, 0.2) is 0 Å². The maximum Gasteiger partial charge on any atom is 0.340 e. The first-order valence-electron chi connectivity index (χ1n) is 7.94. The van der Waals surface area contributed by atoms with E-state index in [4.69, 9.17) is 14.6 Å². The van der Waals surface area contributed by atoms with Gasteiger partial charge in [-0.1, -0.05) is 24.3 Å². The molecule has 6 nitrogen and oxygen atoms in total. The molecule has 0 aromatic heterocycles. The lowest BCUT2D eigenvalue weighted by molar-refractivity contribution is -0.116. The molecule has 0 saturated carbocycles. The molecular formula is C19H21NO5. The van der Waals surface area contributed by atoms with Gasteiger partial charge in [-0.2, -0.15) is 0 Å². The van der Waals surface area contributed by atoms with Gasteiger partial charge in [-0.25, -0.2) is 4.79 Å². The second-order valence-corrected chi connectivity index (χ2v) is 5.30. The number of para-hydroxylation sites is 1. The number of carbonyl (C=O) groups is 2. The van der Waals surface area contributed by atoms with E-state index in [0.717, 1.165) is 11.3 Å². The Bertz CT molecular complexity index is 712. The third-order valence-corrected chi connectivity index (χ3v) is 3.55. The van der Waals surface area contributed by atoms with Crippen LogP contribution < -0.4 is 10.1 Å². The molecule has 1 amide bonds. The van der Waals surface area contributed by atoms with Crippen LogP contribution in [0.2, 0.25) is 0 Å².